The van der Waals surface area contributed by atoms with Crippen molar-refractivity contribution in [2.75, 3.05) is 19.7 Å². The van der Waals surface area contributed by atoms with Gasteiger partial charge in [-0.15, -0.1) is 0 Å². The number of hydrogen-bond acceptors (Lipinski definition) is 4. The Kier molecular flexibility index (Phi) is 4.52. The predicted octanol–water partition coefficient (Wildman–Crippen LogP) is 2.82. The van der Waals surface area contributed by atoms with E-state index in [1.54, 1.807) is 0 Å². The lowest BCUT2D eigenvalue weighted by Gasteiger charge is -2.34. The van der Waals surface area contributed by atoms with Gasteiger partial charge in [0.05, 0.1) is 29.6 Å². The number of benzene rings is 1. The molecule has 2 heterocycles. The number of aromatic amines is 1. The summed E-state index contributed by atoms with van der Waals surface area (Å²) in [6.07, 6.45) is 1.67. The van der Waals surface area contributed by atoms with Crippen LogP contribution in [0.1, 0.15) is 38.6 Å². The maximum absolute atomic E-state index is 11.2. The number of carbonyl (C=O) groups is 1. The zero-order chi connectivity index (χ0) is 16.4. The molecule has 124 valence electrons. The summed E-state index contributed by atoms with van der Waals surface area (Å²) >= 11 is 0. The van der Waals surface area contributed by atoms with Gasteiger partial charge in [-0.1, -0.05) is 0 Å². The Morgan fingerprint density at radius 1 is 1.57 bits per heavy atom. The zero-order valence-electron chi connectivity index (χ0n) is 13.6. The number of nitrogens with one attached hydrogen (secondary N) is 1. The molecule has 6 nitrogen and oxygen atoms in total. The first-order valence-electron chi connectivity index (χ1n) is 8.17. The average molecular weight is 317 g/mol. The first-order valence-corrected chi connectivity index (χ1v) is 8.17. The maximum atomic E-state index is 11.2. The Morgan fingerprint density at radius 2 is 2.39 bits per heavy atom. The molecule has 1 aliphatic rings. The van der Waals surface area contributed by atoms with Gasteiger partial charge in [0.1, 0.15) is 11.6 Å². The summed E-state index contributed by atoms with van der Waals surface area (Å²) in [5.41, 5.74) is 1.85. The molecule has 3 rings (SSSR count). The number of ether oxygens (including phenoxy) is 1. The Labute approximate surface area is 135 Å². The van der Waals surface area contributed by atoms with Crippen LogP contribution in [-0.4, -0.2) is 45.6 Å². The van der Waals surface area contributed by atoms with Crippen LogP contribution >= 0.6 is 0 Å². The molecule has 1 saturated heterocycles. The third-order valence-corrected chi connectivity index (χ3v) is 4.53. The average Bonchev–Trinajstić information content (AvgIpc) is 2.98. The molecule has 23 heavy (non-hydrogen) atoms. The molecule has 0 aliphatic carbocycles. The van der Waals surface area contributed by atoms with Crippen LogP contribution in [-0.2, 0) is 4.79 Å². The number of nitrogens with zero attached hydrogens (tertiary/aromatic N) is 2. The Balaban J connectivity index is 1.80. The van der Waals surface area contributed by atoms with E-state index in [1.165, 1.54) is 0 Å². The number of likely N-dealkylation sites (tertiary alicyclic amines) is 1. The zero-order valence-corrected chi connectivity index (χ0v) is 13.6. The predicted molar refractivity (Wildman–Crippen MR) is 87.6 cm³/mol. The molecule has 0 bridgehead atoms. The van der Waals surface area contributed by atoms with Crippen molar-refractivity contribution in [2.24, 2.45) is 5.92 Å². The molecule has 1 aromatic heterocycles. The molecule has 2 aromatic rings. The molecule has 0 radical (unpaired) electrons. The highest BCUT2D eigenvalue weighted by Gasteiger charge is 2.29. The molecule has 0 saturated carbocycles. The number of imidazole rings is 1. The first kappa shape index (κ1) is 15.8. The fraction of sp³-hybridized carbons (Fsp3) is 0.529. The van der Waals surface area contributed by atoms with E-state index in [-0.39, 0.29) is 12.0 Å². The summed E-state index contributed by atoms with van der Waals surface area (Å²) in [6.45, 7) is 6.16. The monoisotopic (exact) mass is 317 g/mol. The number of aliphatic carboxylic acids is 1. The van der Waals surface area contributed by atoms with E-state index >= 15 is 0 Å². The number of hydrogen-bond donors (Lipinski definition) is 2. The van der Waals surface area contributed by atoms with Gasteiger partial charge in [-0.2, -0.15) is 0 Å². The summed E-state index contributed by atoms with van der Waals surface area (Å²) in [5, 5.41) is 9.24. The topological polar surface area (TPSA) is 78.4 Å². The number of carboxylic acids is 1. The van der Waals surface area contributed by atoms with Crippen LogP contribution in [0.4, 0.5) is 0 Å². The van der Waals surface area contributed by atoms with E-state index < -0.39 is 5.97 Å². The van der Waals surface area contributed by atoms with Crippen LogP contribution in [0.5, 0.6) is 5.75 Å². The van der Waals surface area contributed by atoms with Crippen LogP contribution in [0.2, 0.25) is 0 Å². The van der Waals surface area contributed by atoms with Gasteiger partial charge in [0, 0.05) is 12.6 Å². The van der Waals surface area contributed by atoms with Crippen LogP contribution < -0.4 is 4.74 Å². The number of aromatic nitrogens is 2. The lowest BCUT2D eigenvalue weighted by Crippen LogP contribution is -2.40. The van der Waals surface area contributed by atoms with Crippen molar-refractivity contribution in [1.82, 2.24) is 14.9 Å². The van der Waals surface area contributed by atoms with Crippen molar-refractivity contribution in [3.63, 3.8) is 0 Å². The maximum Gasteiger partial charge on any atom is 0.307 e. The highest BCUT2D eigenvalue weighted by atomic mass is 16.5. The van der Waals surface area contributed by atoms with Crippen LogP contribution in [0.25, 0.3) is 11.0 Å². The fourth-order valence-electron chi connectivity index (χ4n) is 3.20. The number of carboxylic acid groups (broad SMARTS) is 1. The van der Waals surface area contributed by atoms with Crippen molar-refractivity contribution in [3.05, 3.63) is 24.0 Å². The first-order chi connectivity index (χ1) is 11.1. The molecule has 2 atom stereocenters. The quantitative estimate of drug-likeness (QED) is 0.886. The Hall–Kier alpha value is -2.08. The van der Waals surface area contributed by atoms with Gasteiger partial charge in [-0.25, -0.2) is 4.98 Å². The van der Waals surface area contributed by atoms with E-state index in [2.05, 4.69) is 21.8 Å². The van der Waals surface area contributed by atoms with Crippen molar-refractivity contribution in [2.45, 2.75) is 32.7 Å². The standard InChI is InChI=1S/C17H23N3O3/c1-3-23-13-6-7-14-15(9-13)19-16(18-14)11(2)20-8-4-5-12(10-20)17(21)22/h6-7,9,11-12H,3-5,8,10H2,1-2H3,(H,18,19)(H,21,22). The summed E-state index contributed by atoms with van der Waals surface area (Å²) in [4.78, 5) is 21.4. The minimum Gasteiger partial charge on any atom is -0.494 e. The highest BCUT2D eigenvalue weighted by molar-refractivity contribution is 5.77. The second-order valence-electron chi connectivity index (χ2n) is 6.08. The van der Waals surface area contributed by atoms with E-state index in [0.717, 1.165) is 42.0 Å². The van der Waals surface area contributed by atoms with Crippen LogP contribution in [0.3, 0.4) is 0 Å². The number of rotatable bonds is 5. The summed E-state index contributed by atoms with van der Waals surface area (Å²) in [6, 6.07) is 5.89. The molecule has 1 fully saturated rings. The van der Waals surface area contributed by atoms with Gasteiger partial charge < -0.3 is 14.8 Å². The van der Waals surface area contributed by atoms with Crippen LogP contribution in [0.15, 0.2) is 18.2 Å². The van der Waals surface area contributed by atoms with Gasteiger partial charge in [0.2, 0.25) is 0 Å². The van der Waals surface area contributed by atoms with Crippen molar-refractivity contribution in [1.29, 1.82) is 0 Å². The van der Waals surface area contributed by atoms with Crippen LogP contribution in [0, 0.1) is 5.92 Å². The largest absolute Gasteiger partial charge is 0.494 e. The van der Waals surface area contributed by atoms with Gasteiger partial charge in [0.15, 0.2) is 0 Å². The van der Waals surface area contributed by atoms with Crippen molar-refractivity contribution < 1.29 is 14.6 Å². The van der Waals surface area contributed by atoms with E-state index in [4.69, 9.17) is 4.74 Å². The lowest BCUT2D eigenvalue weighted by atomic mass is 9.97. The lowest BCUT2D eigenvalue weighted by molar-refractivity contribution is -0.143. The minimum absolute atomic E-state index is 0.0695. The smallest absolute Gasteiger partial charge is 0.307 e. The molecular formula is C17H23N3O3. The van der Waals surface area contributed by atoms with E-state index in [9.17, 15) is 9.90 Å². The van der Waals surface area contributed by atoms with Gasteiger partial charge in [-0.3, -0.25) is 9.69 Å². The van der Waals surface area contributed by atoms with Gasteiger partial charge in [-0.05, 0) is 45.4 Å². The molecule has 2 N–H and O–H groups in total. The number of fused-ring (bicyclic) bond motifs is 1. The Morgan fingerprint density at radius 3 is 3.13 bits per heavy atom. The second kappa shape index (κ2) is 6.58. The summed E-state index contributed by atoms with van der Waals surface area (Å²) < 4.78 is 5.52. The fourth-order valence-corrected chi connectivity index (χ4v) is 3.20. The molecule has 0 spiro atoms. The summed E-state index contributed by atoms with van der Waals surface area (Å²) in [7, 11) is 0. The molecule has 0 amide bonds. The molecule has 1 aliphatic heterocycles. The van der Waals surface area contributed by atoms with Crippen molar-refractivity contribution in [3.8, 4) is 5.75 Å². The Bertz CT molecular complexity index is 697. The SMILES string of the molecule is CCOc1ccc2nc(C(C)N3CCCC(C(=O)O)C3)[nH]c2c1. The molecule has 6 heteroatoms. The highest BCUT2D eigenvalue weighted by Crippen LogP contribution is 2.27. The summed E-state index contributed by atoms with van der Waals surface area (Å²) in [5.74, 6) is 0.722. The molecule has 1 aromatic carbocycles. The second-order valence-corrected chi connectivity index (χ2v) is 6.08. The third kappa shape index (κ3) is 3.32. The molecular weight excluding hydrogens is 294 g/mol. The van der Waals surface area contributed by atoms with E-state index in [0.29, 0.717) is 13.2 Å². The van der Waals surface area contributed by atoms with Gasteiger partial charge in [0.25, 0.3) is 0 Å². The number of H-pyrrole nitrogens is 1. The third-order valence-electron chi connectivity index (χ3n) is 4.53. The molecule has 2 unspecified atom stereocenters. The van der Waals surface area contributed by atoms with Crippen molar-refractivity contribution >= 4 is 17.0 Å². The minimum atomic E-state index is -0.701. The number of piperidine rings is 1. The normalized spacial score (nSPS) is 20.5. The van der Waals surface area contributed by atoms with Gasteiger partial charge >= 0.3 is 5.97 Å². The van der Waals surface area contributed by atoms with E-state index in [1.807, 2.05) is 25.1 Å².